The molecular weight excluding hydrogens is 264 g/mol. The molecule has 1 N–H and O–H groups in total. The Balaban J connectivity index is 2.06. The van der Waals surface area contributed by atoms with Crippen molar-refractivity contribution in [1.29, 1.82) is 0 Å². The van der Waals surface area contributed by atoms with Crippen LogP contribution in [0, 0.1) is 0 Å². The highest BCUT2D eigenvalue weighted by atomic mass is 35.5. The molecule has 1 aliphatic heterocycles. The Morgan fingerprint density at radius 2 is 2.21 bits per heavy atom. The van der Waals surface area contributed by atoms with Crippen LogP contribution >= 0.6 is 11.6 Å². The Bertz CT molecular complexity index is 644. The molecule has 0 spiro atoms. The van der Waals surface area contributed by atoms with Gasteiger partial charge in [-0.05, 0) is 18.6 Å². The Hall–Kier alpha value is -1.65. The van der Waals surface area contributed by atoms with E-state index in [-0.39, 0.29) is 5.91 Å². The number of carbonyl (C=O) groups excluding carboxylic acids is 1. The number of para-hydroxylation sites is 1. The number of aromatic nitrogens is 1. The zero-order chi connectivity index (χ0) is 13.4. The third kappa shape index (κ3) is 2.29. The summed E-state index contributed by atoms with van der Waals surface area (Å²) in [5.74, 6) is -0.1000. The molecule has 5 heteroatoms. The number of amides is 1. The lowest BCUT2D eigenvalue weighted by atomic mass is 10.1. The van der Waals surface area contributed by atoms with Gasteiger partial charge in [-0.15, -0.1) is 0 Å². The van der Waals surface area contributed by atoms with E-state index in [2.05, 4.69) is 4.98 Å². The predicted octanol–water partition coefficient (Wildman–Crippen LogP) is 2.09. The van der Waals surface area contributed by atoms with Crippen LogP contribution in [0.5, 0.6) is 0 Å². The minimum absolute atomic E-state index is 0.1000. The van der Waals surface area contributed by atoms with Gasteiger partial charge < -0.3 is 10.0 Å². The van der Waals surface area contributed by atoms with Crippen LogP contribution < -0.4 is 0 Å². The fourth-order valence-electron chi connectivity index (χ4n) is 2.42. The summed E-state index contributed by atoms with van der Waals surface area (Å²) in [5, 5.41) is 10.6. The molecule has 4 nitrogen and oxygen atoms in total. The molecule has 3 rings (SSSR count). The Labute approximate surface area is 115 Å². The maximum atomic E-state index is 12.5. The number of likely N-dealkylation sites (tertiary alicyclic amines) is 1. The molecule has 19 heavy (non-hydrogen) atoms. The Morgan fingerprint density at radius 3 is 2.95 bits per heavy atom. The molecule has 0 radical (unpaired) electrons. The third-order valence-corrected chi connectivity index (χ3v) is 3.56. The van der Waals surface area contributed by atoms with Gasteiger partial charge in [0.25, 0.3) is 5.91 Å². The van der Waals surface area contributed by atoms with Gasteiger partial charge in [0.1, 0.15) is 5.15 Å². The van der Waals surface area contributed by atoms with Crippen LogP contribution in [-0.4, -0.2) is 40.1 Å². The largest absolute Gasteiger partial charge is 0.391 e. The lowest BCUT2D eigenvalue weighted by Crippen LogP contribution is -2.29. The molecule has 1 aliphatic rings. The smallest absolute Gasteiger partial charge is 0.254 e. The van der Waals surface area contributed by atoms with Gasteiger partial charge in [0.2, 0.25) is 0 Å². The molecule has 98 valence electrons. The Kier molecular flexibility index (Phi) is 3.12. The molecule has 0 bridgehead atoms. The molecule has 1 atom stereocenters. The van der Waals surface area contributed by atoms with Crippen molar-refractivity contribution in [1.82, 2.24) is 9.88 Å². The van der Waals surface area contributed by atoms with E-state index < -0.39 is 6.10 Å². The van der Waals surface area contributed by atoms with Crippen LogP contribution in [0.3, 0.4) is 0 Å². The first-order valence-electron chi connectivity index (χ1n) is 6.18. The molecule has 1 aromatic carbocycles. The summed E-state index contributed by atoms with van der Waals surface area (Å²) in [6, 6.07) is 9.01. The highest BCUT2D eigenvalue weighted by Gasteiger charge is 2.26. The number of nitrogens with zero attached hydrogens (tertiary/aromatic N) is 2. The number of fused-ring (bicyclic) bond motifs is 1. The average molecular weight is 277 g/mol. The van der Waals surface area contributed by atoms with Gasteiger partial charge in [-0.3, -0.25) is 4.79 Å². The first kappa shape index (κ1) is 12.4. The fourth-order valence-corrected chi connectivity index (χ4v) is 2.62. The molecule has 2 heterocycles. The van der Waals surface area contributed by atoms with E-state index in [1.165, 1.54) is 0 Å². The van der Waals surface area contributed by atoms with Crippen LogP contribution in [0.2, 0.25) is 5.15 Å². The van der Waals surface area contributed by atoms with Crippen molar-refractivity contribution in [3.63, 3.8) is 0 Å². The molecule has 0 aliphatic carbocycles. The number of carbonyl (C=O) groups is 1. The van der Waals surface area contributed by atoms with Gasteiger partial charge in [-0.25, -0.2) is 4.98 Å². The summed E-state index contributed by atoms with van der Waals surface area (Å²) in [7, 11) is 0. The quantitative estimate of drug-likeness (QED) is 0.812. The van der Waals surface area contributed by atoms with Crippen LogP contribution in [0.15, 0.2) is 30.3 Å². The second kappa shape index (κ2) is 4.79. The monoisotopic (exact) mass is 276 g/mol. The van der Waals surface area contributed by atoms with E-state index in [0.717, 1.165) is 5.39 Å². The van der Waals surface area contributed by atoms with Gasteiger partial charge in [0.05, 0.1) is 17.2 Å². The van der Waals surface area contributed by atoms with Crippen molar-refractivity contribution in [2.24, 2.45) is 0 Å². The molecule has 1 saturated heterocycles. The summed E-state index contributed by atoms with van der Waals surface area (Å²) in [4.78, 5) is 18.3. The average Bonchev–Trinajstić information content (AvgIpc) is 2.83. The van der Waals surface area contributed by atoms with E-state index >= 15 is 0 Å². The normalized spacial score (nSPS) is 19.1. The summed E-state index contributed by atoms with van der Waals surface area (Å²) in [6.07, 6.45) is 0.204. The molecule has 0 saturated carbocycles. The van der Waals surface area contributed by atoms with E-state index in [1.54, 1.807) is 11.0 Å². The van der Waals surface area contributed by atoms with Crippen molar-refractivity contribution in [2.75, 3.05) is 13.1 Å². The number of hydrogen-bond acceptors (Lipinski definition) is 3. The SMILES string of the molecule is O=C(c1cc(Cl)nc2ccccc12)N1CC[C@@H](O)C1. The summed E-state index contributed by atoms with van der Waals surface area (Å²) >= 11 is 5.97. The van der Waals surface area contributed by atoms with Crippen LogP contribution in [0.1, 0.15) is 16.8 Å². The maximum absolute atomic E-state index is 12.5. The standard InChI is InChI=1S/C14H13ClN2O2/c15-13-7-11(10-3-1-2-4-12(10)16-13)14(19)17-6-5-9(18)8-17/h1-4,7,9,18H,5-6,8H2/t9-/m1/s1. The minimum atomic E-state index is -0.424. The molecule has 2 aromatic rings. The minimum Gasteiger partial charge on any atom is -0.391 e. The van der Waals surface area contributed by atoms with Crippen molar-refractivity contribution in [2.45, 2.75) is 12.5 Å². The van der Waals surface area contributed by atoms with Crippen molar-refractivity contribution >= 4 is 28.4 Å². The first-order valence-corrected chi connectivity index (χ1v) is 6.55. The van der Waals surface area contributed by atoms with E-state index in [4.69, 9.17) is 11.6 Å². The number of hydrogen-bond donors (Lipinski definition) is 1. The first-order chi connectivity index (χ1) is 9.15. The number of benzene rings is 1. The van der Waals surface area contributed by atoms with Gasteiger partial charge in [0.15, 0.2) is 0 Å². The zero-order valence-corrected chi connectivity index (χ0v) is 11.0. The van der Waals surface area contributed by atoms with Crippen LogP contribution in [-0.2, 0) is 0 Å². The summed E-state index contributed by atoms with van der Waals surface area (Å²) in [5.41, 5.74) is 1.25. The van der Waals surface area contributed by atoms with Crippen LogP contribution in [0.25, 0.3) is 10.9 Å². The predicted molar refractivity (Wildman–Crippen MR) is 73.3 cm³/mol. The highest BCUT2D eigenvalue weighted by molar-refractivity contribution is 6.30. The van der Waals surface area contributed by atoms with Gasteiger partial charge in [-0.1, -0.05) is 29.8 Å². The van der Waals surface area contributed by atoms with Crippen molar-refractivity contribution in [3.05, 3.63) is 41.0 Å². The van der Waals surface area contributed by atoms with E-state index in [9.17, 15) is 9.90 Å². The molecule has 1 amide bonds. The Morgan fingerprint density at radius 1 is 1.42 bits per heavy atom. The number of halogens is 1. The number of pyridine rings is 1. The lowest BCUT2D eigenvalue weighted by molar-refractivity contribution is 0.0767. The lowest BCUT2D eigenvalue weighted by Gasteiger charge is -2.16. The molecule has 0 unspecified atom stereocenters. The molecule has 1 fully saturated rings. The summed E-state index contributed by atoms with van der Waals surface area (Å²) in [6.45, 7) is 0.960. The van der Waals surface area contributed by atoms with E-state index in [0.29, 0.717) is 35.7 Å². The maximum Gasteiger partial charge on any atom is 0.254 e. The number of rotatable bonds is 1. The van der Waals surface area contributed by atoms with Gasteiger partial charge in [0, 0.05) is 18.5 Å². The number of aliphatic hydroxyl groups excluding tert-OH is 1. The van der Waals surface area contributed by atoms with Gasteiger partial charge >= 0.3 is 0 Å². The second-order valence-corrected chi connectivity index (χ2v) is 5.09. The van der Waals surface area contributed by atoms with Crippen LogP contribution in [0.4, 0.5) is 0 Å². The second-order valence-electron chi connectivity index (χ2n) is 4.70. The summed E-state index contributed by atoms with van der Waals surface area (Å²) < 4.78 is 0. The van der Waals surface area contributed by atoms with Crippen molar-refractivity contribution < 1.29 is 9.90 Å². The number of β-amino-alcohol motifs (C(OH)–C–C–N with tert-alkyl or cyclic N) is 1. The van der Waals surface area contributed by atoms with Gasteiger partial charge in [-0.2, -0.15) is 0 Å². The molecule has 1 aromatic heterocycles. The zero-order valence-electron chi connectivity index (χ0n) is 10.2. The van der Waals surface area contributed by atoms with E-state index in [1.807, 2.05) is 24.3 Å². The fraction of sp³-hybridized carbons (Fsp3) is 0.286. The number of aliphatic hydroxyl groups is 1. The third-order valence-electron chi connectivity index (χ3n) is 3.37. The highest BCUT2D eigenvalue weighted by Crippen LogP contribution is 2.23. The van der Waals surface area contributed by atoms with Crippen molar-refractivity contribution in [3.8, 4) is 0 Å². The molecular formula is C14H13ClN2O2. The topological polar surface area (TPSA) is 53.4 Å².